The fourth-order valence-corrected chi connectivity index (χ4v) is 3.03. The van der Waals surface area contributed by atoms with Crippen LogP contribution < -0.4 is 5.73 Å². The second-order valence-corrected chi connectivity index (χ2v) is 6.26. The van der Waals surface area contributed by atoms with Gasteiger partial charge in [0.2, 0.25) is 10.0 Å². The zero-order valence-corrected chi connectivity index (χ0v) is 12.1. The van der Waals surface area contributed by atoms with Crippen LogP contribution in [0.4, 0.5) is 0 Å². The van der Waals surface area contributed by atoms with Gasteiger partial charge in [-0.15, -0.1) is 0 Å². The molecule has 0 spiro atoms. The number of hydrogen-bond acceptors (Lipinski definition) is 6. The third kappa shape index (κ3) is 2.84. The molecule has 0 amide bonds. The van der Waals surface area contributed by atoms with Crippen LogP contribution >= 0.6 is 0 Å². The fraction of sp³-hybridized carbons (Fsp3) is 0.364. The van der Waals surface area contributed by atoms with Gasteiger partial charge in [-0.3, -0.25) is 10.1 Å². The minimum Gasteiger partial charge on any atom is -0.325 e. The number of aryl methyl sites for hydroxylation is 1. The van der Waals surface area contributed by atoms with E-state index in [9.17, 15) is 8.42 Å². The molecule has 0 fully saturated rings. The van der Waals surface area contributed by atoms with Gasteiger partial charge in [-0.25, -0.2) is 13.4 Å². The van der Waals surface area contributed by atoms with Crippen LogP contribution in [0.5, 0.6) is 0 Å². The summed E-state index contributed by atoms with van der Waals surface area (Å²) in [6.45, 7) is 1.88. The quantitative estimate of drug-likeness (QED) is 0.788. The molecule has 0 unspecified atom stereocenters. The van der Waals surface area contributed by atoms with E-state index < -0.39 is 10.0 Å². The summed E-state index contributed by atoms with van der Waals surface area (Å²) in [6, 6.07) is 3.06. The zero-order chi connectivity index (χ0) is 14.8. The van der Waals surface area contributed by atoms with Crippen LogP contribution in [0.15, 0.2) is 23.2 Å². The van der Waals surface area contributed by atoms with Crippen LogP contribution in [0.3, 0.4) is 0 Å². The Kier molecular flexibility index (Phi) is 4.12. The molecular weight excluding hydrogens is 280 g/mol. The van der Waals surface area contributed by atoms with Gasteiger partial charge in [0.05, 0.1) is 12.2 Å². The van der Waals surface area contributed by atoms with Gasteiger partial charge in [0.15, 0.2) is 5.82 Å². The van der Waals surface area contributed by atoms with E-state index in [1.807, 2.05) is 0 Å². The second-order valence-electron chi connectivity index (χ2n) is 4.25. The lowest BCUT2D eigenvalue weighted by Gasteiger charge is -2.17. The molecule has 2 heterocycles. The van der Waals surface area contributed by atoms with Gasteiger partial charge in [0, 0.05) is 19.8 Å². The topological polar surface area (TPSA) is 118 Å². The average Bonchev–Trinajstić information content (AvgIpc) is 2.84. The molecule has 0 bridgehead atoms. The maximum atomic E-state index is 12.5. The number of H-pyrrole nitrogens is 1. The van der Waals surface area contributed by atoms with Crippen molar-refractivity contribution in [3.05, 3.63) is 35.7 Å². The molecule has 0 aliphatic rings. The van der Waals surface area contributed by atoms with E-state index in [-0.39, 0.29) is 18.0 Å². The number of aromatic nitrogens is 4. The minimum absolute atomic E-state index is 0.0585. The van der Waals surface area contributed by atoms with Crippen LogP contribution in [0.2, 0.25) is 0 Å². The van der Waals surface area contributed by atoms with Crippen molar-refractivity contribution in [2.75, 3.05) is 7.05 Å². The molecule has 0 saturated heterocycles. The Morgan fingerprint density at radius 2 is 2.20 bits per heavy atom. The van der Waals surface area contributed by atoms with Crippen molar-refractivity contribution in [1.82, 2.24) is 24.5 Å². The van der Waals surface area contributed by atoms with Gasteiger partial charge in [0.1, 0.15) is 10.7 Å². The monoisotopic (exact) mass is 296 g/mol. The molecule has 0 aromatic carbocycles. The lowest BCUT2D eigenvalue weighted by molar-refractivity contribution is 0.456. The number of pyridine rings is 1. The molecule has 8 nitrogen and oxygen atoms in total. The highest BCUT2D eigenvalue weighted by molar-refractivity contribution is 7.89. The Labute approximate surface area is 117 Å². The van der Waals surface area contributed by atoms with Crippen molar-refractivity contribution in [3.63, 3.8) is 0 Å². The fourth-order valence-electron chi connectivity index (χ4n) is 1.72. The summed E-state index contributed by atoms with van der Waals surface area (Å²) in [4.78, 5) is 8.18. The van der Waals surface area contributed by atoms with Crippen LogP contribution in [-0.2, 0) is 23.1 Å². The molecule has 0 aliphatic heterocycles. The van der Waals surface area contributed by atoms with Crippen LogP contribution in [0.1, 0.15) is 17.3 Å². The lowest BCUT2D eigenvalue weighted by Crippen LogP contribution is -2.28. The zero-order valence-electron chi connectivity index (χ0n) is 11.2. The summed E-state index contributed by atoms with van der Waals surface area (Å²) in [5, 5.41) is 6.60. The van der Waals surface area contributed by atoms with Gasteiger partial charge in [-0.05, 0) is 19.1 Å². The molecule has 0 aliphatic carbocycles. The number of hydrogen-bond donors (Lipinski definition) is 2. The smallest absolute Gasteiger partial charge is 0.245 e. The third-order valence-corrected chi connectivity index (χ3v) is 4.61. The standard InChI is InChI=1S/C11H16N6O2S/c1-8-14-11(16-15-8)7-17(2)20(18,19)10-4-3-5-13-9(10)6-12/h3-5H,6-7,12H2,1-2H3,(H,14,15,16). The molecular formula is C11H16N6O2S. The van der Waals surface area contributed by atoms with Gasteiger partial charge >= 0.3 is 0 Å². The summed E-state index contributed by atoms with van der Waals surface area (Å²) in [6.07, 6.45) is 1.51. The van der Waals surface area contributed by atoms with Crippen molar-refractivity contribution in [1.29, 1.82) is 0 Å². The molecule has 3 N–H and O–H groups in total. The predicted octanol–water partition coefficient (Wildman–Crippen LogP) is -0.212. The lowest BCUT2D eigenvalue weighted by atomic mass is 10.3. The molecule has 2 aromatic rings. The molecule has 2 rings (SSSR count). The Morgan fingerprint density at radius 1 is 1.45 bits per heavy atom. The number of nitrogens with one attached hydrogen (secondary N) is 1. The van der Waals surface area contributed by atoms with E-state index >= 15 is 0 Å². The van der Waals surface area contributed by atoms with Crippen molar-refractivity contribution in [3.8, 4) is 0 Å². The first-order valence-electron chi connectivity index (χ1n) is 5.93. The number of nitrogens with two attached hydrogens (primary N) is 1. The molecule has 0 saturated carbocycles. The summed E-state index contributed by atoms with van der Waals surface area (Å²) >= 11 is 0. The number of nitrogens with zero attached hydrogens (tertiary/aromatic N) is 4. The van der Waals surface area contributed by atoms with E-state index in [2.05, 4.69) is 20.2 Å². The third-order valence-electron chi connectivity index (χ3n) is 2.74. The largest absolute Gasteiger partial charge is 0.325 e. The van der Waals surface area contributed by atoms with Gasteiger partial charge in [-0.2, -0.15) is 9.40 Å². The average molecular weight is 296 g/mol. The SMILES string of the molecule is Cc1nc(CN(C)S(=O)(=O)c2cccnc2CN)n[nH]1. The van der Waals surface area contributed by atoms with Crippen LogP contribution in [0, 0.1) is 6.92 Å². The minimum atomic E-state index is -3.67. The maximum Gasteiger partial charge on any atom is 0.245 e. The Bertz CT molecular complexity index is 696. The second kappa shape index (κ2) is 5.65. The van der Waals surface area contributed by atoms with Gasteiger partial charge < -0.3 is 5.73 Å². The maximum absolute atomic E-state index is 12.5. The molecule has 0 atom stereocenters. The first kappa shape index (κ1) is 14.6. The number of sulfonamides is 1. The molecule has 20 heavy (non-hydrogen) atoms. The van der Waals surface area contributed by atoms with Gasteiger partial charge in [-0.1, -0.05) is 0 Å². The Morgan fingerprint density at radius 3 is 2.80 bits per heavy atom. The Balaban J connectivity index is 2.29. The molecule has 9 heteroatoms. The number of aromatic amines is 1. The van der Waals surface area contributed by atoms with E-state index in [1.54, 1.807) is 13.0 Å². The van der Waals surface area contributed by atoms with E-state index in [0.29, 0.717) is 17.3 Å². The van der Waals surface area contributed by atoms with Crippen LogP contribution in [-0.4, -0.2) is 39.9 Å². The predicted molar refractivity (Wildman–Crippen MR) is 71.9 cm³/mol. The summed E-state index contributed by atoms with van der Waals surface area (Å²) in [5.41, 5.74) is 5.87. The highest BCUT2D eigenvalue weighted by Gasteiger charge is 2.25. The summed E-state index contributed by atoms with van der Waals surface area (Å²) in [5.74, 6) is 1.04. The summed E-state index contributed by atoms with van der Waals surface area (Å²) in [7, 11) is -2.21. The molecule has 0 radical (unpaired) electrons. The van der Waals surface area contributed by atoms with Crippen molar-refractivity contribution < 1.29 is 8.42 Å². The van der Waals surface area contributed by atoms with E-state index in [1.165, 1.54) is 23.6 Å². The first-order chi connectivity index (χ1) is 9.45. The highest BCUT2D eigenvalue weighted by Crippen LogP contribution is 2.18. The first-order valence-corrected chi connectivity index (χ1v) is 7.37. The van der Waals surface area contributed by atoms with E-state index in [4.69, 9.17) is 5.73 Å². The van der Waals surface area contributed by atoms with Gasteiger partial charge in [0.25, 0.3) is 0 Å². The normalized spacial score (nSPS) is 12.0. The Hall–Kier alpha value is -1.84. The van der Waals surface area contributed by atoms with Crippen LogP contribution in [0.25, 0.3) is 0 Å². The van der Waals surface area contributed by atoms with E-state index in [0.717, 1.165) is 0 Å². The molecule has 2 aromatic heterocycles. The highest BCUT2D eigenvalue weighted by atomic mass is 32.2. The van der Waals surface area contributed by atoms with Crippen molar-refractivity contribution >= 4 is 10.0 Å². The number of rotatable bonds is 5. The molecule has 108 valence electrons. The summed E-state index contributed by atoms with van der Waals surface area (Å²) < 4.78 is 26.1. The van der Waals surface area contributed by atoms with Crippen molar-refractivity contribution in [2.45, 2.75) is 24.9 Å². The van der Waals surface area contributed by atoms with Crippen molar-refractivity contribution in [2.24, 2.45) is 5.73 Å².